The maximum Gasteiger partial charge on any atom is 0.238 e. The molecule has 2 N–H and O–H groups in total. The SMILES string of the molecule is O=C(CNC1(c2ccc(Br)cc2)CCC1)Nc1cc2c(cc1Cl)OCCCO2. The van der Waals surface area contributed by atoms with Gasteiger partial charge in [-0.3, -0.25) is 10.1 Å². The van der Waals surface area contributed by atoms with Crippen LogP contribution in [0.25, 0.3) is 0 Å². The molecule has 1 aliphatic heterocycles. The van der Waals surface area contributed by atoms with Gasteiger partial charge < -0.3 is 14.8 Å². The van der Waals surface area contributed by atoms with Crippen molar-refractivity contribution in [2.45, 2.75) is 31.2 Å². The van der Waals surface area contributed by atoms with Gasteiger partial charge in [-0.15, -0.1) is 0 Å². The molecule has 28 heavy (non-hydrogen) atoms. The van der Waals surface area contributed by atoms with Crippen molar-refractivity contribution in [2.24, 2.45) is 0 Å². The van der Waals surface area contributed by atoms with Crippen LogP contribution in [0.3, 0.4) is 0 Å². The minimum absolute atomic E-state index is 0.132. The quantitative estimate of drug-likeness (QED) is 0.661. The number of hydrogen-bond acceptors (Lipinski definition) is 4. The summed E-state index contributed by atoms with van der Waals surface area (Å²) in [7, 11) is 0. The van der Waals surface area contributed by atoms with E-state index in [0.717, 1.165) is 30.2 Å². The average molecular weight is 466 g/mol. The Balaban J connectivity index is 1.42. The molecular formula is C21H22BrClN2O3. The topological polar surface area (TPSA) is 59.6 Å². The Labute approximate surface area is 177 Å². The lowest BCUT2D eigenvalue weighted by Gasteiger charge is -2.43. The number of amides is 1. The van der Waals surface area contributed by atoms with Crippen molar-refractivity contribution in [2.75, 3.05) is 25.1 Å². The Morgan fingerprint density at radius 2 is 1.75 bits per heavy atom. The summed E-state index contributed by atoms with van der Waals surface area (Å²) < 4.78 is 12.4. The fourth-order valence-corrected chi connectivity index (χ4v) is 4.06. The van der Waals surface area contributed by atoms with Crippen molar-refractivity contribution in [3.8, 4) is 11.5 Å². The molecule has 1 saturated carbocycles. The summed E-state index contributed by atoms with van der Waals surface area (Å²) in [6.07, 6.45) is 4.01. The maximum atomic E-state index is 12.6. The molecule has 2 aliphatic rings. The van der Waals surface area contributed by atoms with Crippen LogP contribution in [0.15, 0.2) is 40.9 Å². The first-order valence-corrected chi connectivity index (χ1v) is 10.6. The fraction of sp³-hybridized carbons (Fsp3) is 0.381. The van der Waals surface area contributed by atoms with Gasteiger partial charge in [-0.05, 0) is 37.0 Å². The smallest absolute Gasteiger partial charge is 0.238 e. The van der Waals surface area contributed by atoms with Crippen LogP contribution in [0.4, 0.5) is 5.69 Å². The van der Waals surface area contributed by atoms with Crippen LogP contribution in [0.1, 0.15) is 31.2 Å². The lowest BCUT2D eigenvalue weighted by atomic mass is 9.72. The second-order valence-electron chi connectivity index (χ2n) is 7.17. The van der Waals surface area contributed by atoms with E-state index in [2.05, 4.69) is 38.7 Å². The molecule has 7 heteroatoms. The highest BCUT2D eigenvalue weighted by atomic mass is 79.9. The Hall–Kier alpha value is -1.76. The Bertz CT molecular complexity index is 869. The third-order valence-electron chi connectivity index (χ3n) is 5.30. The zero-order valence-corrected chi connectivity index (χ0v) is 17.7. The molecule has 1 heterocycles. The molecule has 0 spiro atoms. The van der Waals surface area contributed by atoms with Gasteiger partial charge in [0.1, 0.15) is 0 Å². The second kappa shape index (κ2) is 8.31. The number of carbonyl (C=O) groups excluding carboxylic acids is 1. The highest BCUT2D eigenvalue weighted by Gasteiger charge is 2.38. The number of nitrogens with one attached hydrogen (secondary N) is 2. The molecule has 1 aliphatic carbocycles. The van der Waals surface area contributed by atoms with E-state index in [1.54, 1.807) is 12.1 Å². The van der Waals surface area contributed by atoms with Crippen LogP contribution in [-0.2, 0) is 10.3 Å². The molecule has 0 bridgehead atoms. The largest absolute Gasteiger partial charge is 0.490 e. The van der Waals surface area contributed by atoms with Crippen LogP contribution >= 0.6 is 27.5 Å². The van der Waals surface area contributed by atoms with E-state index in [9.17, 15) is 4.79 Å². The van der Waals surface area contributed by atoms with Crippen molar-refractivity contribution in [1.29, 1.82) is 0 Å². The van der Waals surface area contributed by atoms with E-state index >= 15 is 0 Å². The number of ether oxygens (including phenoxy) is 2. The molecule has 0 saturated heterocycles. The lowest BCUT2D eigenvalue weighted by molar-refractivity contribution is -0.116. The minimum atomic E-state index is -0.139. The molecule has 0 aromatic heterocycles. The van der Waals surface area contributed by atoms with Crippen LogP contribution in [0, 0.1) is 0 Å². The van der Waals surface area contributed by atoms with E-state index in [-0.39, 0.29) is 18.0 Å². The van der Waals surface area contributed by atoms with Crippen molar-refractivity contribution in [3.05, 3.63) is 51.5 Å². The summed E-state index contributed by atoms with van der Waals surface area (Å²) in [5.74, 6) is 1.08. The first-order valence-electron chi connectivity index (χ1n) is 9.46. The van der Waals surface area contributed by atoms with E-state index in [1.165, 1.54) is 5.56 Å². The maximum absolute atomic E-state index is 12.6. The van der Waals surface area contributed by atoms with E-state index in [4.69, 9.17) is 21.1 Å². The van der Waals surface area contributed by atoms with Crippen molar-refractivity contribution >= 4 is 39.1 Å². The molecule has 0 atom stereocenters. The number of fused-ring (bicyclic) bond motifs is 1. The number of anilines is 1. The number of hydrogen-bond donors (Lipinski definition) is 2. The highest BCUT2D eigenvalue weighted by Crippen LogP contribution is 2.41. The third-order valence-corrected chi connectivity index (χ3v) is 6.14. The van der Waals surface area contributed by atoms with Crippen molar-refractivity contribution in [3.63, 3.8) is 0 Å². The predicted octanol–water partition coefficient (Wildman–Crippen LogP) is 4.87. The normalized spacial score (nSPS) is 17.4. The molecule has 148 valence electrons. The summed E-state index contributed by atoms with van der Waals surface area (Å²) in [4.78, 5) is 12.6. The second-order valence-corrected chi connectivity index (χ2v) is 8.50. The number of halogens is 2. The van der Waals surface area contributed by atoms with Gasteiger partial charge in [0.25, 0.3) is 0 Å². The summed E-state index contributed by atoms with van der Waals surface area (Å²) >= 11 is 9.80. The van der Waals surface area contributed by atoms with Crippen LogP contribution in [0.2, 0.25) is 5.02 Å². The van der Waals surface area contributed by atoms with Gasteiger partial charge in [-0.25, -0.2) is 0 Å². The Morgan fingerprint density at radius 1 is 1.07 bits per heavy atom. The van der Waals surface area contributed by atoms with Crippen molar-refractivity contribution in [1.82, 2.24) is 5.32 Å². The van der Waals surface area contributed by atoms with Crippen LogP contribution in [0.5, 0.6) is 11.5 Å². The Morgan fingerprint density at radius 3 is 2.39 bits per heavy atom. The van der Waals surface area contributed by atoms with Gasteiger partial charge in [-0.1, -0.05) is 39.7 Å². The molecule has 5 nitrogen and oxygen atoms in total. The van der Waals surface area contributed by atoms with Gasteiger partial charge in [0.2, 0.25) is 5.91 Å². The van der Waals surface area contributed by atoms with E-state index in [0.29, 0.717) is 35.4 Å². The monoisotopic (exact) mass is 464 g/mol. The number of carbonyl (C=O) groups is 1. The number of benzene rings is 2. The molecular weight excluding hydrogens is 444 g/mol. The van der Waals surface area contributed by atoms with Crippen molar-refractivity contribution < 1.29 is 14.3 Å². The number of rotatable bonds is 5. The molecule has 1 fully saturated rings. The molecule has 0 unspecified atom stereocenters. The van der Waals surface area contributed by atoms with Gasteiger partial charge in [0.05, 0.1) is 30.5 Å². The average Bonchev–Trinajstić information content (AvgIpc) is 2.87. The first-order chi connectivity index (χ1) is 13.6. The molecule has 2 aromatic carbocycles. The van der Waals surface area contributed by atoms with E-state index < -0.39 is 0 Å². The summed E-state index contributed by atoms with van der Waals surface area (Å²) in [6, 6.07) is 11.7. The summed E-state index contributed by atoms with van der Waals surface area (Å²) in [5, 5.41) is 6.77. The molecule has 4 rings (SSSR count). The third kappa shape index (κ3) is 4.14. The molecule has 1 amide bonds. The van der Waals surface area contributed by atoms with Gasteiger partial charge in [0.15, 0.2) is 11.5 Å². The zero-order valence-electron chi connectivity index (χ0n) is 15.4. The predicted molar refractivity (Wildman–Crippen MR) is 113 cm³/mol. The van der Waals surface area contributed by atoms with Gasteiger partial charge in [-0.2, -0.15) is 0 Å². The first kappa shape index (κ1) is 19.6. The summed E-state index contributed by atoms with van der Waals surface area (Å²) in [5.41, 5.74) is 1.61. The zero-order chi connectivity index (χ0) is 19.6. The molecule has 0 radical (unpaired) electrons. The van der Waals surface area contributed by atoms with Crippen LogP contribution in [-0.4, -0.2) is 25.7 Å². The minimum Gasteiger partial charge on any atom is -0.490 e. The highest BCUT2D eigenvalue weighted by molar-refractivity contribution is 9.10. The molecule has 2 aromatic rings. The van der Waals surface area contributed by atoms with Gasteiger partial charge in [0, 0.05) is 28.6 Å². The summed E-state index contributed by atoms with van der Waals surface area (Å²) in [6.45, 7) is 1.39. The Kier molecular flexibility index (Phi) is 5.80. The lowest BCUT2D eigenvalue weighted by Crippen LogP contribution is -2.50. The van der Waals surface area contributed by atoms with Gasteiger partial charge >= 0.3 is 0 Å². The standard InChI is InChI=1S/C21H22BrClN2O3/c22-15-5-3-14(4-6-15)21(7-1-8-21)24-13-20(26)25-17-12-19-18(11-16(17)23)27-9-2-10-28-19/h3-6,11-12,24H,1-2,7-10,13H2,(H,25,26). The fourth-order valence-electron chi connectivity index (χ4n) is 3.59. The van der Waals surface area contributed by atoms with Crippen LogP contribution < -0.4 is 20.1 Å². The van der Waals surface area contributed by atoms with E-state index in [1.807, 2.05) is 12.1 Å².